The van der Waals surface area contributed by atoms with E-state index in [1.165, 1.54) is 25.1 Å². The largest absolute Gasteiger partial charge is 0.386 e. The number of carbonyl (C=O) groups excluding carboxylic acids is 2. The van der Waals surface area contributed by atoms with Crippen molar-refractivity contribution in [3.63, 3.8) is 0 Å². The van der Waals surface area contributed by atoms with E-state index in [9.17, 15) is 19.1 Å². The highest BCUT2D eigenvalue weighted by atomic mass is 35.5. The van der Waals surface area contributed by atoms with E-state index in [0.29, 0.717) is 0 Å². The number of aliphatic hydroxyl groups is 1. The molecule has 0 spiro atoms. The minimum absolute atomic E-state index is 0.0294. The first-order valence-corrected chi connectivity index (χ1v) is 7.06. The summed E-state index contributed by atoms with van der Waals surface area (Å²) in [6, 6.07) is 3.34. The van der Waals surface area contributed by atoms with Crippen LogP contribution < -0.4 is 10.6 Å². The first kappa shape index (κ1) is 18.1. The topological polar surface area (TPSA) is 78.4 Å². The molecule has 2 atom stereocenters. The molecule has 0 saturated heterocycles. The van der Waals surface area contributed by atoms with Crippen molar-refractivity contribution in [1.82, 2.24) is 10.6 Å². The highest BCUT2D eigenvalue weighted by molar-refractivity contribution is 6.31. The number of aliphatic hydroxyl groups excluding tert-OH is 1. The summed E-state index contributed by atoms with van der Waals surface area (Å²) >= 11 is 5.87. The van der Waals surface area contributed by atoms with Crippen molar-refractivity contribution in [3.05, 3.63) is 47.3 Å². The Hall–Kier alpha value is -1.92. The van der Waals surface area contributed by atoms with Gasteiger partial charge in [-0.15, -0.1) is 0 Å². The average molecular weight is 329 g/mol. The second kappa shape index (κ2) is 8.51. The molecule has 0 saturated carbocycles. The summed E-state index contributed by atoms with van der Waals surface area (Å²) in [6.07, 6.45) is -0.146. The summed E-state index contributed by atoms with van der Waals surface area (Å²) < 4.78 is 13.7. The normalized spacial score (nSPS) is 13.1. The fourth-order valence-electron chi connectivity index (χ4n) is 1.82. The summed E-state index contributed by atoms with van der Waals surface area (Å²) in [5, 5.41) is 15.2. The fraction of sp³-hybridized carbons (Fsp3) is 0.333. The summed E-state index contributed by atoms with van der Waals surface area (Å²) in [7, 11) is 0. The molecule has 0 aliphatic carbocycles. The molecule has 7 heteroatoms. The number of hydrogen-bond acceptors (Lipinski definition) is 3. The third-order valence-electron chi connectivity index (χ3n) is 2.99. The molecule has 120 valence electrons. The van der Waals surface area contributed by atoms with Crippen LogP contribution in [0.1, 0.15) is 25.0 Å². The third kappa shape index (κ3) is 5.13. The van der Waals surface area contributed by atoms with Crippen molar-refractivity contribution in [2.45, 2.75) is 25.5 Å². The predicted molar refractivity (Wildman–Crippen MR) is 81.8 cm³/mol. The Kier molecular flexibility index (Phi) is 7.01. The van der Waals surface area contributed by atoms with Crippen molar-refractivity contribution in [1.29, 1.82) is 0 Å². The molecule has 0 bridgehead atoms. The van der Waals surface area contributed by atoms with Crippen LogP contribution in [0.15, 0.2) is 30.9 Å². The monoisotopic (exact) mass is 328 g/mol. The van der Waals surface area contributed by atoms with E-state index < -0.39 is 18.0 Å². The first-order valence-electron chi connectivity index (χ1n) is 6.68. The minimum Gasteiger partial charge on any atom is -0.386 e. The molecule has 0 heterocycles. The Labute approximate surface area is 133 Å². The van der Waals surface area contributed by atoms with E-state index in [4.69, 9.17) is 11.6 Å². The van der Waals surface area contributed by atoms with Crippen LogP contribution in [0.4, 0.5) is 4.39 Å². The standard InChI is InChI=1S/C15H18ClFN2O3/c1-3-12(20)18-8-7-13(21)19-9(2)15(22)14-10(16)5-4-6-11(14)17/h3-6,9,15,22H,1,7-8H2,2H3,(H,18,20)(H,19,21). The maximum Gasteiger partial charge on any atom is 0.243 e. The van der Waals surface area contributed by atoms with Crippen molar-refractivity contribution in [2.75, 3.05) is 6.54 Å². The van der Waals surface area contributed by atoms with E-state index in [2.05, 4.69) is 17.2 Å². The van der Waals surface area contributed by atoms with E-state index >= 15 is 0 Å². The first-order chi connectivity index (χ1) is 10.4. The van der Waals surface area contributed by atoms with Gasteiger partial charge in [0.1, 0.15) is 11.9 Å². The minimum atomic E-state index is -1.28. The maximum absolute atomic E-state index is 13.7. The molecule has 0 aromatic heterocycles. The van der Waals surface area contributed by atoms with Gasteiger partial charge in [0, 0.05) is 23.6 Å². The van der Waals surface area contributed by atoms with Gasteiger partial charge in [-0.2, -0.15) is 0 Å². The zero-order valence-electron chi connectivity index (χ0n) is 12.1. The van der Waals surface area contributed by atoms with E-state index in [1.807, 2.05) is 0 Å². The molecule has 5 nitrogen and oxygen atoms in total. The van der Waals surface area contributed by atoms with Gasteiger partial charge >= 0.3 is 0 Å². The molecule has 1 aromatic rings. The van der Waals surface area contributed by atoms with Gasteiger partial charge in [0.25, 0.3) is 0 Å². The van der Waals surface area contributed by atoms with Gasteiger partial charge in [-0.1, -0.05) is 24.2 Å². The quantitative estimate of drug-likeness (QED) is 0.667. The second-order valence-electron chi connectivity index (χ2n) is 4.68. The number of rotatable bonds is 7. The molecule has 0 radical (unpaired) electrons. The van der Waals surface area contributed by atoms with Gasteiger partial charge in [0.2, 0.25) is 11.8 Å². The van der Waals surface area contributed by atoms with Crippen LogP contribution in [-0.2, 0) is 9.59 Å². The Morgan fingerprint density at radius 2 is 2.18 bits per heavy atom. The van der Waals surface area contributed by atoms with Crippen LogP contribution in [0, 0.1) is 5.82 Å². The van der Waals surface area contributed by atoms with Gasteiger partial charge in [-0.25, -0.2) is 4.39 Å². The summed E-state index contributed by atoms with van der Waals surface area (Å²) in [5.74, 6) is -1.40. The number of nitrogens with one attached hydrogen (secondary N) is 2. The van der Waals surface area contributed by atoms with Crippen LogP contribution in [0.25, 0.3) is 0 Å². The molecule has 1 aromatic carbocycles. The molecule has 0 aliphatic heterocycles. The van der Waals surface area contributed by atoms with Crippen LogP contribution in [-0.4, -0.2) is 29.5 Å². The highest BCUT2D eigenvalue weighted by Crippen LogP contribution is 2.27. The zero-order chi connectivity index (χ0) is 16.7. The van der Waals surface area contributed by atoms with Crippen molar-refractivity contribution >= 4 is 23.4 Å². The van der Waals surface area contributed by atoms with Gasteiger partial charge in [-0.05, 0) is 25.1 Å². The van der Waals surface area contributed by atoms with E-state index in [-0.39, 0.29) is 35.4 Å². The van der Waals surface area contributed by atoms with Gasteiger partial charge in [-0.3, -0.25) is 9.59 Å². The number of halogens is 2. The zero-order valence-corrected chi connectivity index (χ0v) is 12.9. The molecular weight excluding hydrogens is 311 g/mol. The van der Waals surface area contributed by atoms with Crippen LogP contribution in [0.5, 0.6) is 0 Å². The number of carbonyl (C=O) groups is 2. The van der Waals surface area contributed by atoms with Gasteiger partial charge in [0.15, 0.2) is 0 Å². The summed E-state index contributed by atoms with van der Waals surface area (Å²) in [5.41, 5.74) is -0.0584. The van der Waals surface area contributed by atoms with E-state index in [0.717, 1.165) is 6.08 Å². The Morgan fingerprint density at radius 3 is 2.77 bits per heavy atom. The predicted octanol–water partition coefficient (Wildman–Crippen LogP) is 1.71. The molecule has 3 N–H and O–H groups in total. The van der Waals surface area contributed by atoms with Gasteiger partial charge < -0.3 is 15.7 Å². The molecule has 0 aliphatic rings. The Morgan fingerprint density at radius 1 is 1.50 bits per heavy atom. The average Bonchev–Trinajstić information content (AvgIpc) is 2.46. The summed E-state index contributed by atoms with van der Waals surface area (Å²) in [4.78, 5) is 22.6. The number of benzene rings is 1. The van der Waals surface area contributed by atoms with Gasteiger partial charge in [0.05, 0.1) is 6.04 Å². The Balaban J connectivity index is 2.57. The molecule has 2 unspecified atom stereocenters. The van der Waals surface area contributed by atoms with Crippen molar-refractivity contribution in [3.8, 4) is 0 Å². The third-order valence-corrected chi connectivity index (χ3v) is 3.32. The van der Waals surface area contributed by atoms with E-state index in [1.54, 1.807) is 0 Å². The fourth-order valence-corrected chi connectivity index (χ4v) is 2.09. The van der Waals surface area contributed by atoms with Crippen molar-refractivity contribution < 1.29 is 19.1 Å². The van der Waals surface area contributed by atoms with Crippen LogP contribution in [0.3, 0.4) is 0 Å². The lowest BCUT2D eigenvalue weighted by atomic mass is 10.0. The lowest BCUT2D eigenvalue weighted by Crippen LogP contribution is -2.39. The number of amides is 2. The molecule has 0 fully saturated rings. The lowest BCUT2D eigenvalue weighted by Gasteiger charge is -2.22. The maximum atomic E-state index is 13.7. The molecule has 2 amide bonds. The SMILES string of the molecule is C=CC(=O)NCCC(=O)NC(C)C(O)c1c(F)cccc1Cl. The summed E-state index contributed by atoms with van der Waals surface area (Å²) in [6.45, 7) is 4.96. The molecular formula is C15H18ClFN2O3. The second-order valence-corrected chi connectivity index (χ2v) is 5.09. The van der Waals surface area contributed by atoms with Crippen LogP contribution in [0.2, 0.25) is 5.02 Å². The number of hydrogen-bond donors (Lipinski definition) is 3. The Bertz CT molecular complexity index is 545. The molecule has 1 rings (SSSR count). The smallest absolute Gasteiger partial charge is 0.243 e. The molecule has 22 heavy (non-hydrogen) atoms. The van der Waals surface area contributed by atoms with Crippen molar-refractivity contribution in [2.24, 2.45) is 0 Å². The lowest BCUT2D eigenvalue weighted by molar-refractivity contribution is -0.122. The van der Waals surface area contributed by atoms with Crippen LogP contribution >= 0.6 is 11.6 Å². The highest BCUT2D eigenvalue weighted by Gasteiger charge is 2.23.